The largest absolute Gasteiger partial charge is 0.417 e. The van der Waals surface area contributed by atoms with Gasteiger partial charge in [-0.15, -0.1) is 0 Å². The van der Waals surface area contributed by atoms with E-state index in [1.165, 1.54) is 12.1 Å². The first-order chi connectivity index (χ1) is 15.2. The third-order valence-electron chi connectivity index (χ3n) is 6.80. The molecule has 1 N–H and O–H groups in total. The molecular formula is C23H23F3N4O2. The third-order valence-corrected chi connectivity index (χ3v) is 6.80. The van der Waals surface area contributed by atoms with Crippen LogP contribution >= 0.6 is 0 Å². The lowest BCUT2D eigenvalue weighted by Crippen LogP contribution is -2.50. The second kappa shape index (κ2) is 8.10. The summed E-state index contributed by atoms with van der Waals surface area (Å²) in [5.41, 5.74) is -0.158. The molecule has 1 amide bonds. The summed E-state index contributed by atoms with van der Waals surface area (Å²) in [7, 11) is 0. The molecule has 2 fully saturated rings. The highest BCUT2D eigenvalue weighted by molar-refractivity contribution is 5.95. The van der Waals surface area contributed by atoms with Gasteiger partial charge in [-0.3, -0.25) is 9.78 Å². The molecule has 2 atom stereocenters. The number of aromatic nitrogens is 1. The number of halogens is 3. The fraction of sp³-hybridized carbons (Fsp3) is 0.435. The topological polar surface area (TPSA) is 80.5 Å². The first kappa shape index (κ1) is 22.1. The van der Waals surface area contributed by atoms with Gasteiger partial charge in [-0.2, -0.15) is 18.4 Å². The molecule has 168 valence electrons. The zero-order valence-corrected chi connectivity index (χ0v) is 17.6. The Morgan fingerprint density at radius 1 is 1.34 bits per heavy atom. The molecule has 2 aromatic rings. The molecular weight excluding hydrogens is 421 g/mol. The number of alkyl halides is 3. The molecule has 0 aliphatic carbocycles. The maximum Gasteiger partial charge on any atom is 0.417 e. The van der Waals surface area contributed by atoms with Gasteiger partial charge < -0.3 is 14.9 Å². The van der Waals surface area contributed by atoms with Crippen LogP contribution in [0.3, 0.4) is 0 Å². The second-order valence-electron chi connectivity index (χ2n) is 8.63. The molecule has 1 aromatic heterocycles. The van der Waals surface area contributed by atoms with Gasteiger partial charge in [0, 0.05) is 55.6 Å². The van der Waals surface area contributed by atoms with Crippen LogP contribution in [0.15, 0.2) is 36.7 Å². The summed E-state index contributed by atoms with van der Waals surface area (Å²) in [6.07, 6.45) is -0.909. The van der Waals surface area contributed by atoms with Crippen LogP contribution in [0.4, 0.5) is 18.9 Å². The van der Waals surface area contributed by atoms with E-state index in [4.69, 9.17) is 5.26 Å². The van der Waals surface area contributed by atoms with E-state index in [-0.39, 0.29) is 18.4 Å². The number of carbonyl (C=O) groups is 1. The van der Waals surface area contributed by atoms with E-state index in [0.29, 0.717) is 43.9 Å². The van der Waals surface area contributed by atoms with Crippen molar-refractivity contribution in [2.45, 2.75) is 19.5 Å². The van der Waals surface area contributed by atoms with Crippen LogP contribution in [-0.4, -0.2) is 53.7 Å². The summed E-state index contributed by atoms with van der Waals surface area (Å²) in [4.78, 5) is 20.6. The summed E-state index contributed by atoms with van der Waals surface area (Å²) in [6.45, 7) is 3.42. The Morgan fingerprint density at radius 3 is 2.78 bits per heavy atom. The van der Waals surface area contributed by atoms with Crippen molar-refractivity contribution in [1.82, 2.24) is 9.88 Å². The molecule has 0 radical (unpaired) electrons. The number of anilines is 1. The smallest absolute Gasteiger partial charge is 0.396 e. The molecule has 4 rings (SSSR count). The van der Waals surface area contributed by atoms with Gasteiger partial charge >= 0.3 is 6.18 Å². The number of fused-ring (bicyclic) bond motifs is 1. The maximum absolute atomic E-state index is 13.4. The normalized spacial score (nSPS) is 23.1. The lowest BCUT2D eigenvalue weighted by atomic mass is 9.73. The first-order valence-corrected chi connectivity index (χ1v) is 10.4. The van der Waals surface area contributed by atoms with E-state index in [1.807, 2.05) is 11.8 Å². The van der Waals surface area contributed by atoms with Crippen molar-refractivity contribution in [3.63, 3.8) is 0 Å². The Balaban J connectivity index is 1.58. The standard InChI is InChI=1S/C23H23F3N4O2/c1-15-4-6-28-10-19(15)21(32)29-7-5-22(14-31)13-30(12-17(22)11-29)18-3-2-16(9-27)20(8-18)23(24,25)26/h2-4,6,8,10,17,31H,5,7,11-14H2,1H3/t17-,22+/m1/s1. The second-order valence-corrected chi connectivity index (χ2v) is 8.63. The summed E-state index contributed by atoms with van der Waals surface area (Å²) in [6, 6.07) is 7.07. The highest BCUT2D eigenvalue weighted by Crippen LogP contribution is 2.45. The van der Waals surface area contributed by atoms with Gasteiger partial charge in [-0.25, -0.2) is 0 Å². The Morgan fingerprint density at radius 2 is 2.12 bits per heavy atom. The van der Waals surface area contributed by atoms with Crippen molar-refractivity contribution in [2.24, 2.45) is 11.3 Å². The third kappa shape index (κ3) is 3.79. The molecule has 2 aliphatic heterocycles. The van der Waals surface area contributed by atoms with Gasteiger partial charge in [-0.05, 0) is 43.2 Å². The van der Waals surface area contributed by atoms with Gasteiger partial charge in [0.25, 0.3) is 5.91 Å². The summed E-state index contributed by atoms with van der Waals surface area (Å²) >= 11 is 0. The van der Waals surface area contributed by atoms with Crippen LogP contribution in [0.2, 0.25) is 0 Å². The predicted molar refractivity (Wildman–Crippen MR) is 111 cm³/mol. The van der Waals surface area contributed by atoms with Crippen molar-refractivity contribution < 1.29 is 23.1 Å². The zero-order chi connectivity index (χ0) is 23.1. The fourth-order valence-corrected chi connectivity index (χ4v) is 4.84. The molecule has 0 spiro atoms. The molecule has 2 aliphatic rings. The Kier molecular flexibility index (Phi) is 5.59. The fourth-order valence-electron chi connectivity index (χ4n) is 4.84. The number of nitriles is 1. The molecule has 3 heterocycles. The van der Waals surface area contributed by atoms with E-state index in [0.717, 1.165) is 11.6 Å². The average Bonchev–Trinajstić information content (AvgIpc) is 3.17. The van der Waals surface area contributed by atoms with Crippen molar-refractivity contribution >= 4 is 11.6 Å². The van der Waals surface area contributed by atoms with E-state index >= 15 is 0 Å². The number of hydrogen-bond donors (Lipinski definition) is 1. The number of nitrogens with zero attached hydrogens (tertiary/aromatic N) is 4. The Hall–Kier alpha value is -3.12. The lowest BCUT2D eigenvalue weighted by molar-refractivity contribution is -0.137. The number of aliphatic hydroxyl groups is 1. The van der Waals surface area contributed by atoms with Gasteiger partial charge in [0.2, 0.25) is 0 Å². The molecule has 1 aromatic carbocycles. The summed E-state index contributed by atoms with van der Waals surface area (Å²) in [5, 5.41) is 19.2. The minimum atomic E-state index is -4.63. The van der Waals surface area contributed by atoms with Crippen molar-refractivity contribution in [3.8, 4) is 6.07 Å². The van der Waals surface area contributed by atoms with Crippen molar-refractivity contribution in [1.29, 1.82) is 5.26 Å². The van der Waals surface area contributed by atoms with Crippen LogP contribution in [0.25, 0.3) is 0 Å². The highest BCUT2D eigenvalue weighted by atomic mass is 19.4. The number of pyridine rings is 1. The van der Waals surface area contributed by atoms with Crippen molar-refractivity contribution in [3.05, 3.63) is 58.9 Å². The number of piperidine rings is 1. The van der Waals surface area contributed by atoms with Gasteiger partial charge in [0.05, 0.1) is 29.4 Å². The SMILES string of the molecule is Cc1ccncc1C(=O)N1CC[C@@]2(CO)CN(c3ccc(C#N)c(C(F)(F)F)c3)C[C@H]2C1. The van der Waals surface area contributed by atoms with E-state index in [1.54, 1.807) is 29.4 Å². The Labute approximate surface area is 183 Å². The molecule has 6 nitrogen and oxygen atoms in total. The predicted octanol–water partition coefficient (Wildman–Crippen LogP) is 3.24. The number of aryl methyl sites for hydroxylation is 1. The van der Waals surface area contributed by atoms with Crippen LogP contribution < -0.4 is 4.90 Å². The van der Waals surface area contributed by atoms with Crippen molar-refractivity contribution in [2.75, 3.05) is 37.7 Å². The molecule has 0 saturated carbocycles. The number of carbonyl (C=O) groups excluding carboxylic acids is 1. The number of rotatable bonds is 3. The van der Waals surface area contributed by atoms with Crippen LogP contribution in [0, 0.1) is 29.6 Å². The van der Waals surface area contributed by atoms with Crippen LogP contribution in [0.1, 0.15) is 33.5 Å². The molecule has 0 unspecified atom stereocenters. The number of likely N-dealkylation sites (tertiary alicyclic amines) is 1. The van der Waals surface area contributed by atoms with Crippen LogP contribution in [0.5, 0.6) is 0 Å². The maximum atomic E-state index is 13.4. The van der Waals surface area contributed by atoms with E-state index in [2.05, 4.69) is 4.98 Å². The minimum Gasteiger partial charge on any atom is -0.396 e. The van der Waals surface area contributed by atoms with Gasteiger partial charge in [-0.1, -0.05) is 0 Å². The zero-order valence-electron chi connectivity index (χ0n) is 17.6. The quantitative estimate of drug-likeness (QED) is 0.786. The molecule has 2 saturated heterocycles. The van der Waals surface area contributed by atoms with Gasteiger partial charge in [0.1, 0.15) is 0 Å². The minimum absolute atomic E-state index is 0.0906. The Bertz CT molecular complexity index is 1080. The van der Waals surface area contributed by atoms with E-state index < -0.39 is 22.7 Å². The van der Waals surface area contributed by atoms with Gasteiger partial charge in [0.15, 0.2) is 0 Å². The molecule has 0 bridgehead atoms. The monoisotopic (exact) mass is 444 g/mol. The lowest BCUT2D eigenvalue weighted by Gasteiger charge is -2.42. The average molecular weight is 444 g/mol. The summed E-state index contributed by atoms with van der Waals surface area (Å²) in [5.74, 6) is -0.217. The molecule has 32 heavy (non-hydrogen) atoms. The first-order valence-electron chi connectivity index (χ1n) is 10.4. The summed E-state index contributed by atoms with van der Waals surface area (Å²) < 4.78 is 40.2. The number of amides is 1. The molecule has 9 heteroatoms. The number of hydrogen-bond acceptors (Lipinski definition) is 5. The van der Waals surface area contributed by atoms with Crippen LogP contribution in [-0.2, 0) is 6.18 Å². The number of aliphatic hydroxyl groups excluding tert-OH is 1. The van der Waals surface area contributed by atoms with E-state index in [9.17, 15) is 23.1 Å². The number of benzene rings is 1. The highest BCUT2D eigenvalue weighted by Gasteiger charge is 2.50.